The van der Waals surface area contributed by atoms with Crippen LogP contribution in [-0.2, 0) is 17.8 Å². The smallest absolute Gasteiger partial charge is 0.134 e. The number of nitrogens with zero attached hydrogens (tertiary/aromatic N) is 1. The molecule has 4 nitrogen and oxygen atoms in total. The van der Waals surface area contributed by atoms with E-state index in [1.165, 1.54) is 5.56 Å². The van der Waals surface area contributed by atoms with E-state index in [4.69, 9.17) is 4.74 Å². The van der Waals surface area contributed by atoms with Crippen molar-refractivity contribution in [3.05, 3.63) is 65.7 Å². The summed E-state index contributed by atoms with van der Waals surface area (Å²) in [6, 6.07) is 19.0. The summed E-state index contributed by atoms with van der Waals surface area (Å²) < 4.78 is 5.93. The number of hydrogen-bond acceptors (Lipinski definition) is 4. The Morgan fingerprint density at radius 2 is 1.88 bits per heavy atom. The van der Waals surface area contributed by atoms with Gasteiger partial charge < -0.3 is 10.1 Å². The van der Waals surface area contributed by atoms with Crippen molar-refractivity contribution in [2.45, 2.75) is 32.4 Å². The molecule has 1 aliphatic heterocycles. The number of Topliss-reactive ketones (excluding diaryl/α,β-unsaturated/α-hetero) is 1. The quantitative estimate of drug-likeness (QED) is 0.793. The van der Waals surface area contributed by atoms with E-state index in [0.29, 0.717) is 19.1 Å². The summed E-state index contributed by atoms with van der Waals surface area (Å²) in [4.78, 5) is 13.7. The Kier molecular flexibility index (Phi) is 6.81. The molecule has 0 saturated carbocycles. The van der Waals surface area contributed by atoms with Gasteiger partial charge in [0.2, 0.25) is 0 Å². The summed E-state index contributed by atoms with van der Waals surface area (Å²) in [6.07, 6.45) is 1.48. The van der Waals surface area contributed by atoms with Crippen LogP contribution >= 0.6 is 0 Å². The first kappa shape index (κ1) is 18.6. The molecule has 1 heterocycles. The third kappa shape index (κ3) is 5.68. The van der Waals surface area contributed by atoms with Crippen LogP contribution < -0.4 is 10.1 Å². The molecule has 138 valence electrons. The van der Waals surface area contributed by atoms with Crippen molar-refractivity contribution < 1.29 is 9.53 Å². The third-order valence-electron chi connectivity index (χ3n) is 4.80. The van der Waals surface area contributed by atoms with Gasteiger partial charge in [-0.3, -0.25) is 9.69 Å². The highest BCUT2D eigenvalue weighted by molar-refractivity contribution is 5.78. The monoisotopic (exact) mass is 352 g/mol. The van der Waals surface area contributed by atoms with Gasteiger partial charge in [0.15, 0.2) is 0 Å². The largest absolute Gasteiger partial charge is 0.494 e. The Hall–Kier alpha value is -2.17. The van der Waals surface area contributed by atoms with E-state index < -0.39 is 0 Å². The molecule has 0 radical (unpaired) electrons. The zero-order valence-electron chi connectivity index (χ0n) is 15.5. The van der Waals surface area contributed by atoms with E-state index >= 15 is 0 Å². The molecule has 0 spiro atoms. The van der Waals surface area contributed by atoms with Gasteiger partial charge in [0.1, 0.15) is 11.5 Å². The normalized spacial score (nSPS) is 17.8. The van der Waals surface area contributed by atoms with E-state index in [1.54, 1.807) is 6.92 Å². The van der Waals surface area contributed by atoms with Crippen LogP contribution in [0.25, 0.3) is 0 Å². The van der Waals surface area contributed by atoms with Crippen LogP contribution in [-0.4, -0.2) is 43.0 Å². The Balaban J connectivity index is 1.48. The number of benzene rings is 2. The second-order valence-electron chi connectivity index (χ2n) is 6.97. The van der Waals surface area contributed by atoms with E-state index in [0.717, 1.165) is 43.9 Å². The molecular weight excluding hydrogens is 324 g/mol. The van der Waals surface area contributed by atoms with Crippen molar-refractivity contribution in [3.63, 3.8) is 0 Å². The van der Waals surface area contributed by atoms with Crippen LogP contribution in [0, 0.1) is 0 Å². The molecule has 1 saturated heterocycles. The summed E-state index contributed by atoms with van der Waals surface area (Å²) in [5.74, 6) is 1.05. The van der Waals surface area contributed by atoms with Gasteiger partial charge in [0.05, 0.1) is 6.61 Å². The number of ether oxygens (including phenoxy) is 1. The molecule has 1 unspecified atom stereocenters. The Bertz CT molecular complexity index is 685. The average Bonchev–Trinajstić information content (AvgIpc) is 2.65. The van der Waals surface area contributed by atoms with Crippen molar-refractivity contribution in [1.29, 1.82) is 0 Å². The van der Waals surface area contributed by atoms with Gasteiger partial charge in [-0.2, -0.15) is 0 Å². The predicted octanol–water partition coefficient (Wildman–Crippen LogP) is 3.06. The molecule has 1 atom stereocenters. The van der Waals surface area contributed by atoms with Gasteiger partial charge in [-0.15, -0.1) is 0 Å². The van der Waals surface area contributed by atoms with Gasteiger partial charge in [-0.25, -0.2) is 0 Å². The summed E-state index contributed by atoms with van der Waals surface area (Å²) in [5.41, 5.74) is 2.40. The van der Waals surface area contributed by atoms with Crippen LogP contribution in [0.3, 0.4) is 0 Å². The van der Waals surface area contributed by atoms with Crippen molar-refractivity contribution in [2.24, 2.45) is 0 Å². The molecule has 2 aromatic rings. The molecule has 0 bridgehead atoms. The summed E-state index contributed by atoms with van der Waals surface area (Å²) in [7, 11) is 0. The number of carbonyl (C=O) groups excluding carboxylic acids is 1. The van der Waals surface area contributed by atoms with Gasteiger partial charge >= 0.3 is 0 Å². The molecular formula is C22H28N2O2. The fraction of sp³-hybridized carbons (Fsp3) is 0.409. The highest BCUT2D eigenvalue weighted by Gasteiger charge is 2.22. The second-order valence-corrected chi connectivity index (χ2v) is 6.97. The first-order valence-corrected chi connectivity index (χ1v) is 9.40. The van der Waals surface area contributed by atoms with Gasteiger partial charge in [-0.05, 0) is 36.6 Å². The standard InChI is InChI=1S/C22H28N2O2/c1-18(25)15-19-7-9-22(10-8-19)26-14-11-21-16-23-12-13-24(21)17-20-5-3-2-4-6-20/h2-10,21,23H,11-17H2,1H3. The van der Waals surface area contributed by atoms with Crippen molar-refractivity contribution >= 4 is 5.78 Å². The summed E-state index contributed by atoms with van der Waals surface area (Å²) >= 11 is 0. The molecule has 0 aliphatic carbocycles. The summed E-state index contributed by atoms with van der Waals surface area (Å²) in [5, 5.41) is 3.50. The minimum absolute atomic E-state index is 0.182. The maximum absolute atomic E-state index is 11.2. The van der Waals surface area contributed by atoms with Gasteiger partial charge in [0, 0.05) is 38.6 Å². The second kappa shape index (κ2) is 9.51. The zero-order valence-corrected chi connectivity index (χ0v) is 15.5. The Morgan fingerprint density at radius 3 is 2.62 bits per heavy atom. The Morgan fingerprint density at radius 1 is 1.12 bits per heavy atom. The van der Waals surface area contributed by atoms with E-state index in [9.17, 15) is 4.79 Å². The predicted molar refractivity (Wildman–Crippen MR) is 104 cm³/mol. The molecule has 4 heteroatoms. The number of nitrogens with one attached hydrogen (secondary N) is 1. The molecule has 0 amide bonds. The molecule has 0 aromatic heterocycles. The number of hydrogen-bond donors (Lipinski definition) is 1. The van der Waals surface area contributed by atoms with Crippen LogP contribution in [0.2, 0.25) is 0 Å². The van der Waals surface area contributed by atoms with Gasteiger partial charge in [-0.1, -0.05) is 42.5 Å². The fourth-order valence-corrected chi connectivity index (χ4v) is 3.42. The van der Waals surface area contributed by atoms with E-state index in [-0.39, 0.29) is 5.78 Å². The minimum Gasteiger partial charge on any atom is -0.494 e. The SMILES string of the molecule is CC(=O)Cc1ccc(OCCC2CNCCN2Cc2ccccc2)cc1. The lowest BCUT2D eigenvalue weighted by Crippen LogP contribution is -2.51. The molecule has 3 rings (SSSR count). The molecule has 26 heavy (non-hydrogen) atoms. The number of ketones is 1. The fourth-order valence-electron chi connectivity index (χ4n) is 3.42. The van der Waals surface area contributed by atoms with Crippen LogP contribution in [0.5, 0.6) is 5.75 Å². The lowest BCUT2D eigenvalue weighted by molar-refractivity contribution is -0.116. The molecule has 1 aliphatic rings. The highest BCUT2D eigenvalue weighted by atomic mass is 16.5. The van der Waals surface area contributed by atoms with Crippen LogP contribution in [0.4, 0.5) is 0 Å². The maximum atomic E-state index is 11.2. The summed E-state index contributed by atoms with van der Waals surface area (Å²) in [6.45, 7) is 6.43. The van der Waals surface area contributed by atoms with Crippen molar-refractivity contribution in [3.8, 4) is 5.75 Å². The first-order chi connectivity index (χ1) is 12.7. The average molecular weight is 352 g/mol. The molecule has 2 aromatic carbocycles. The minimum atomic E-state index is 0.182. The molecule has 1 N–H and O–H groups in total. The third-order valence-corrected chi connectivity index (χ3v) is 4.80. The van der Waals surface area contributed by atoms with Crippen LogP contribution in [0.1, 0.15) is 24.5 Å². The molecule has 1 fully saturated rings. The maximum Gasteiger partial charge on any atom is 0.134 e. The topological polar surface area (TPSA) is 41.6 Å². The van der Waals surface area contributed by atoms with Crippen molar-refractivity contribution in [2.75, 3.05) is 26.2 Å². The van der Waals surface area contributed by atoms with E-state index in [1.807, 2.05) is 24.3 Å². The van der Waals surface area contributed by atoms with Crippen molar-refractivity contribution in [1.82, 2.24) is 10.2 Å². The number of piperazine rings is 1. The lowest BCUT2D eigenvalue weighted by Gasteiger charge is -2.36. The van der Waals surface area contributed by atoms with Crippen LogP contribution in [0.15, 0.2) is 54.6 Å². The van der Waals surface area contributed by atoms with E-state index in [2.05, 4.69) is 40.5 Å². The lowest BCUT2D eigenvalue weighted by atomic mass is 10.1. The zero-order chi connectivity index (χ0) is 18.2. The Labute approximate surface area is 156 Å². The number of rotatable bonds is 8. The van der Waals surface area contributed by atoms with Gasteiger partial charge in [0.25, 0.3) is 0 Å². The first-order valence-electron chi connectivity index (χ1n) is 9.40. The highest BCUT2D eigenvalue weighted by Crippen LogP contribution is 2.16. The number of carbonyl (C=O) groups is 1.